The summed E-state index contributed by atoms with van der Waals surface area (Å²) in [6.45, 7) is 2.31. The Hall–Kier alpha value is -2.82. The maximum Gasteiger partial charge on any atom is 0.585 e. The molecule has 1 aromatic heterocycles. The van der Waals surface area contributed by atoms with E-state index in [1.165, 1.54) is 0 Å². The Kier molecular flexibility index (Phi) is 9.12. The Morgan fingerprint density at radius 3 is 2.38 bits per heavy atom. The number of hydrogen-bond donors (Lipinski definition) is 0. The number of halogens is 3. The molecule has 10 nitrogen and oxygen atoms in total. The molecule has 1 rings (SSSR count). The van der Waals surface area contributed by atoms with Gasteiger partial charge in [-0.3, -0.25) is 14.9 Å². The van der Waals surface area contributed by atoms with Gasteiger partial charge in [0, 0.05) is 10.0 Å². The molecule has 1 unspecified atom stereocenters. The summed E-state index contributed by atoms with van der Waals surface area (Å²) in [5.74, 6) is -3.14. The van der Waals surface area contributed by atoms with Crippen molar-refractivity contribution in [3.05, 3.63) is 22.0 Å². The maximum absolute atomic E-state index is 13.2. The van der Waals surface area contributed by atoms with E-state index in [2.05, 4.69) is 5.10 Å². The van der Waals surface area contributed by atoms with Crippen molar-refractivity contribution < 1.29 is 41.9 Å². The van der Waals surface area contributed by atoms with Crippen LogP contribution in [0.4, 0.5) is 13.2 Å². The Bertz CT molecular complexity index is 655. The number of ether oxygens (including phenoxy) is 1. The van der Waals surface area contributed by atoms with E-state index in [9.17, 15) is 28.1 Å². The fraction of sp³-hybridized carbons (Fsp3) is 0.692. The smallest absolute Gasteiger partial charge is 0.466 e. The van der Waals surface area contributed by atoms with E-state index in [0.29, 0.717) is 4.80 Å². The average molecular weight is 383 g/mol. The molecule has 0 amide bonds. The summed E-state index contributed by atoms with van der Waals surface area (Å²) in [6, 6.07) is 0. The number of nitro groups is 1. The van der Waals surface area contributed by atoms with Crippen LogP contribution >= 0.6 is 0 Å². The fourth-order valence-electron chi connectivity index (χ4n) is 2.43. The fourth-order valence-corrected chi connectivity index (χ4v) is 2.43. The number of esters is 1. The van der Waals surface area contributed by atoms with Gasteiger partial charge in [-0.1, -0.05) is 11.6 Å². The lowest BCUT2D eigenvalue weighted by atomic mass is 9.87. The van der Waals surface area contributed by atoms with Crippen LogP contribution in [0, 0.1) is 16.0 Å². The van der Waals surface area contributed by atoms with E-state index in [1.807, 2.05) is 0 Å². The van der Waals surface area contributed by atoms with E-state index in [4.69, 9.17) is 14.3 Å². The molecular formula is C13H18F3N4O6+. The molecule has 2 atom stereocenters. The third kappa shape index (κ3) is 6.24. The molecule has 1 aromatic rings. The molecular weight excluding hydrogens is 365 g/mol. The lowest BCUT2D eigenvalue weighted by Crippen LogP contribution is -2.57. The van der Waals surface area contributed by atoms with Gasteiger partial charge >= 0.3 is 18.4 Å². The summed E-state index contributed by atoms with van der Waals surface area (Å²) >= 11 is 0. The van der Waals surface area contributed by atoms with Crippen LogP contribution in [0.15, 0.2) is 6.20 Å². The third-order valence-corrected chi connectivity index (χ3v) is 3.37. The van der Waals surface area contributed by atoms with Crippen LogP contribution in [0.1, 0.15) is 31.9 Å². The van der Waals surface area contributed by atoms with Gasteiger partial charge in [0.05, 0.1) is 19.6 Å². The molecule has 0 aliphatic rings. The normalized spacial score (nSPS) is 13.0. The SMILES string of the molecule is CCOC(=O)C(CC)[C@H](C[N+](=O)[O-])c1cnn(C)[n+]1C(F)(F)F.O=C=O. The van der Waals surface area contributed by atoms with Crippen molar-refractivity contribution in [1.82, 2.24) is 9.90 Å². The van der Waals surface area contributed by atoms with Gasteiger partial charge in [-0.2, -0.15) is 9.59 Å². The minimum absolute atomic E-state index is 0.0346. The van der Waals surface area contributed by atoms with Crippen molar-refractivity contribution >= 4 is 12.1 Å². The van der Waals surface area contributed by atoms with Crippen LogP contribution in [0.5, 0.6) is 0 Å². The van der Waals surface area contributed by atoms with Crippen molar-refractivity contribution in [3.8, 4) is 0 Å². The molecule has 13 heteroatoms. The molecule has 0 bridgehead atoms. The molecule has 0 aliphatic carbocycles. The van der Waals surface area contributed by atoms with Crippen LogP contribution in [0.2, 0.25) is 0 Å². The first-order valence-electron chi connectivity index (χ1n) is 7.34. The number of carbonyl (C=O) groups is 1. The zero-order valence-electron chi connectivity index (χ0n) is 14.2. The summed E-state index contributed by atoms with van der Waals surface area (Å²) < 4.78 is 44.2. The Labute approximate surface area is 145 Å². The van der Waals surface area contributed by atoms with Crippen molar-refractivity contribution in [2.75, 3.05) is 13.2 Å². The lowest BCUT2D eigenvalue weighted by molar-refractivity contribution is -0.917. The number of aromatic nitrogens is 3. The number of aryl methyl sites for hydroxylation is 1. The second-order valence-electron chi connectivity index (χ2n) is 4.91. The van der Waals surface area contributed by atoms with Gasteiger partial charge in [0.2, 0.25) is 12.7 Å². The molecule has 0 fully saturated rings. The first kappa shape index (κ1) is 23.2. The average Bonchev–Trinajstić information content (AvgIpc) is 2.89. The first-order valence-corrected chi connectivity index (χ1v) is 7.34. The van der Waals surface area contributed by atoms with Crippen LogP contribution in [-0.2, 0) is 32.5 Å². The highest BCUT2D eigenvalue weighted by molar-refractivity contribution is 5.73. The van der Waals surface area contributed by atoms with Gasteiger partial charge in [0.25, 0.3) is 0 Å². The van der Waals surface area contributed by atoms with E-state index < -0.39 is 41.3 Å². The highest BCUT2D eigenvalue weighted by Gasteiger charge is 2.48. The number of nitrogens with zero attached hydrogens (tertiary/aromatic N) is 4. The zero-order valence-corrected chi connectivity index (χ0v) is 14.2. The van der Waals surface area contributed by atoms with Crippen molar-refractivity contribution in [3.63, 3.8) is 0 Å². The van der Waals surface area contributed by atoms with Gasteiger partial charge in [-0.05, 0) is 18.1 Å². The molecule has 1 heterocycles. The Balaban J connectivity index is 0.00000194. The number of hydrogen-bond acceptors (Lipinski definition) is 7. The first-order chi connectivity index (χ1) is 12.0. The molecule has 0 saturated carbocycles. The summed E-state index contributed by atoms with van der Waals surface area (Å²) in [6.07, 6.45) is -3.57. The molecule has 0 saturated heterocycles. The van der Waals surface area contributed by atoms with Crippen molar-refractivity contribution in [1.29, 1.82) is 0 Å². The molecule has 0 aromatic carbocycles. The van der Waals surface area contributed by atoms with Gasteiger partial charge in [0.1, 0.15) is 5.92 Å². The van der Waals surface area contributed by atoms with E-state index in [1.54, 1.807) is 13.8 Å². The standard InChI is InChI=1S/C12H18F3N4O4.CO2/c1-4-8(11(20)23-5-2)9(7-18(21)22)10-6-16-17(3)19(10)12(13,14)15;2-1-3/h6,8-9H,4-5,7H2,1-3H3;/q+1;/t8?,9-;/m0./s1. The molecule has 0 spiro atoms. The highest BCUT2D eigenvalue weighted by Crippen LogP contribution is 2.29. The summed E-state index contributed by atoms with van der Waals surface area (Å²) in [4.78, 5) is 38.9. The number of rotatable bonds is 7. The quantitative estimate of drug-likeness (QED) is 0.291. The molecule has 0 aliphatic heterocycles. The van der Waals surface area contributed by atoms with Crippen LogP contribution in [0.3, 0.4) is 0 Å². The Morgan fingerprint density at radius 2 is 2.00 bits per heavy atom. The second kappa shape index (κ2) is 10.2. The van der Waals surface area contributed by atoms with Gasteiger partial charge in [-0.25, -0.2) is 0 Å². The lowest BCUT2D eigenvalue weighted by Gasteiger charge is -2.20. The molecule has 0 N–H and O–H groups in total. The second-order valence-corrected chi connectivity index (χ2v) is 4.91. The summed E-state index contributed by atoms with van der Waals surface area (Å²) in [7, 11) is 1.06. The topological polar surface area (TPSA) is 125 Å². The van der Waals surface area contributed by atoms with Crippen LogP contribution in [-0.4, -0.2) is 40.1 Å². The van der Waals surface area contributed by atoms with E-state index >= 15 is 0 Å². The molecule has 0 radical (unpaired) electrons. The predicted octanol–water partition coefficient (Wildman–Crippen LogP) is 0.550. The third-order valence-electron chi connectivity index (χ3n) is 3.37. The van der Waals surface area contributed by atoms with Gasteiger partial charge < -0.3 is 4.74 Å². The van der Waals surface area contributed by atoms with Crippen LogP contribution in [0.25, 0.3) is 0 Å². The van der Waals surface area contributed by atoms with Gasteiger partial charge in [0.15, 0.2) is 5.69 Å². The zero-order chi connectivity index (χ0) is 20.5. The van der Waals surface area contributed by atoms with Crippen molar-refractivity contribution in [2.45, 2.75) is 32.5 Å². The minimum atomic E-state index is -4.82. The largest absolute Gasteiger partial charge is 0.585 e. The van der Waals surface area contributed by atoms with E-state index in [0.717, 1.165) is 13.2 Å². The Morgan fingerprint density at radius 1 is 1.46 bits per heavy atom. The minimum Gasteiger partial charge on any atom is -0.466 e. The molecule has 26 heavy (non-hydrogen) atoms. The number of alkyl halides is 3. The monoisotopic (exact) mass is 383 g/mol. The van der Waals surface area contributed by atoms with E-state index in [-0.39, 0.29) is 23.9 Å². The molecule has 146 valence electrons. The summed E-state index contributed by atoms with van der Waals surface area (Å²) in [5.41, 5.74) is -0.448. The van der Waals surface area contributed by atoms with Crippen molar-refractivity contribution in [2.24, 2.45) is 13.0 Å². The maximum atomic E-state index is 13.2. The van der Waals surface area contributed by atoms with Crippen LogP contribution < -0.4 is 4.68 Å². The number of carbonyl (C=O) groups excluding carboxylic acids is 3. The van der Waals surface area contributed by atoms with Gasteiger partial charge in [-0.15, -0.1) is 13.2 Å². The summed E-state index contributed by atoms with van der Waals surface area (Å²) in [5, 5.41) is 14.4. The highest BCUT2D eigenvalue weighted by atomic mass is 19.4. The predicted molar refractivity (Wildman–Crippen MR) is 74.7 cm³/mol.